The number of piperidine rings is 1. The predicted octanol–water partition coefficient (Wildman–Crippen LogP) is 2.59. The normalized spacial score (nSPS) is 29.8. The number of likely N-dealkylation sites (tertiary alicyclic amines) is 2. The molecular weight excluding hydrogens is 196 g/mol. The Morgan fingerprint density at radius 3 is 2.25 bits per heavy atom. The topological polar surface area (TPSA) is 6.48 Å². The Kier molecular flexibility index (Phi) is 3.91. The molecule has 0 aromatic rings. The first-order valence-corrected chi connectivity index (χ1v) is 7.03. The first-order valence-electron chi connectivity index (χ1n) is 7.03. The lowest BCUT2D eigenvalue weighted by Gasteiger charge is -2.33. The van der Waals surface area contributed by atoms with Gasteiger partial charge in [0, 0.05) is 18.6 Å². The molecule has 0 aromatic heterocycles. The van der Waals surface area contributed by atoms with Crippen LogP contribution in [0.25, 0.3) is 0 Å². The average molecular weight is 224 g/mol. The van der Waals surface area contributed by atoms with E-state index in [9.17, 15) is 0 Å². The maximum Gasteiger partial charge on any atom is 0.0125 e. The first-order chi connectivity index (χ1) is 7.55. The summed E-state index contributed by atoms with van der Waals surface area (Å²) in [6.45, 7) is 13.7. The van der Waals surface area contributed by atoms with Crippen LogP contribution in [0.15, 0.2) is 0 Å². The van der Waals surface area contributed by atoms with Crippen molar-refractivity contribution in [1.82, 2.24) is 9.80 Å². The minimum atomic E-state index is 0.372. The molecular formula is C14H28N2. The highest BCUT2D eigenvalue weighted by molar-refractivity contribution is 4.86. The van der Waals surface area contributed by atoms with Crippen molar-refractivity contribution < 1.29 is 0 Å². The smallest absolute Gasteiger partial charge is 0.0125 e. The molecule has 1 unspecified atom stereocenters. The summed E-state index contributed by atoms with van der Waals surface area (Å²) in [5, 5.41) is 0. The van der Waals surface area contributed by atoms with E-state index in [1.165, 1.54) is 58.4 Å². The van der Waals surface area contributed by atoms with Gasteiger partial charge in [0.2, 0.25) is 0 Å². The van der Waals surface area contributed by atoms with Crippen molar-refractivity contribution in [3.63, 3.8) is 0 Å². The SMILES string of the molecule is CC(C)(C)N1CCC(CN2CCCCC2)C1. The molecule has 94 valence electrons. The number of hydrogen-bond acceptors (Lipinski definition) is 2. The average Bonchev–Trinajstić information content (AvgIpc) is 2.67. The summed E-state index contributed by atoms with van der Waals surface area (Å²) in [5.74, 6) is 0.928. The maximum atomic E-state index is 2.69. The maximum absolute atomic E-state index is 2.69. The Labute approximate surface area is 101 Å². The molecule has 2 rings (SSSR count). The third kappa shape index (κ3) is 3.21. The largest absolute Gasteiger partial charge is 0.303 e. The van der Waals surface area contributed by atoms with Gasteiger partial charge in [0.25, 0.3) is 0 Å². The van der Waals surface area contributed by atoms with Crippen molar-refractivity contribution >= 4 is 0 Å². The van der Waals surface area contributed by atoms with E-state index in [-0.39, 0.29) is 0 Å². The fourth-order valence-electron chi connectivity index (χ4n) is 3.10. The van der Waals surface area contributed by atoms with Crippen LogP contribution in [0.2, 0.25) is 0 Å². The number of hydrogen-bond donors (Lipinski definition) is 0. The van der Waals surface area contributed by atoms with Crippen LogP contribution in [0.4, 0.5) is 0 Å². The molecule has 0 spiro atoms. The molecule has 2 heterocycles. The Morgan fingerprint density at radius 1 is 1.00 bits per heavy atom. The summed E-state index contributed by atoms with van der Waals surface area (Å²) in [6, 6.07) is 0. The van der Waals surface area contributed by atoms with Gasteiger partial charge in [-0.15, -0.1) is 0 Å². The van der Waals surface area contributed by atoms with Gasteiger partial charge in [0.05, 0.1) is 0 Å². The van der Waals surface area contributed by atoms with E-state index in [0.717, 1.165) is 5.92 Å². The Balaban J connectivity index is 1.76. The Hall–Kier alpha value is -0.0800. The predicted molar refractivity (Wildman–Crippen MR) is 69.7 cm³/mol. The molecule has 16 heavy (non-hydrogen) atoms. The van der Waals surface area contributed by atoms with Crippen LogP contribution in [0.5, 0.6) is 0 Å². The molecule has 0 amide bonds. The van der Waals surface area contributed by atoms with Crippen LogP contribution in [0.3, 0.4) is 0 Å². The molecule has 2 aliphatic rings. The van der Waals surface area contributed by atoms with Crippen LogP contribution >= 0.6 is 0 Å². The lowest BCUT2D eigenvalue weighted by atomic mass is 10.0. The molecule has 2 aliphatic heterocycles. The van der Waals surface area contributed by atoms with Crippen molar-refractivity contribution in [3.8, 4) is 0 Å². The van der Waals surface area contributed by atoms with Gasteiger partial charge < -0.3 is 4.90 Å². The summed E-state index contributed by atoms with van der Waals surface area (Å²) in [4.78, 5) is 5.35. The second-order valence-electron chi connectivity index (χ2n) is 6.63. The zero-order valence-corrected chi connectivity index (χ0v) is 11.3. The highest BCUT2D eigenvalue weighted by Gasteiger charge is 2.31. The van der Waals surface area contributed by atoms with E-state index in [2.05, 4.69) is 30.6 Å². The van der Waals surface area contributed by atoms with Crippen molar-refractivity contribution in [2.24, 2.45) is 5.92 Å². The molecule has 0 aromatic carbocycles. The van der Waals surface area contributed by atoms with Gasteiger partial charge in [-0.2, -0.15) is 0 Å². The lowest BCUT2D eigenvalue weighted by molar-refractivity contribution is 0.152. The summed E-state index contributed by atoms with van der Waals surface area (Å²) < 4.78 is 0. The molecule has 0 radical (unpaired) electrons. The lowest BCUT2D eigenvalue weighted by Crippen LogP contribution is -2.41. The third-order valence-corrected chi connectivity index (χ3v) is 4.20. The molecule has 2 heteroatoms. The van der Waals surface area contributed by atoms with Crippen LogP contribution in [0, 0.1) is 5.92 Å². The highest BCUT2D eigenvalue weighted by Crippen LogP contribution is 2.25. The van der Waals surface area contributed by atoms with Gasteiger partial charge in [0.15, 0.2) is 0 Å². The molecule has 0 aliphatic carbocycles. The van der Waals surface area contributed by atoms with Crippen molar-refractivity contribution in [2.75, 3.05) is 32.7 Å². The summed E-state index contributed by atoms with van der Waals surface area (Å²) in [7, 11) is 0. The summed E-state index contributed by atoms with van der Waals surface area (Å²) in [6.07, 6.45) is 5.72. The van der Waals surface area contributed by atoms with Gasteiger partial charge in [0.1, 0.15) is 0 Å². The highest BCUT2D eigenvalue weighted by atomic mass is 15.2. The monoisotopic (exact) mass is 224 g/mol. The summed E-state index contributed by atoms with van der Waals surface area (Å²) in [5.41, 5.74) is 0.372. The Bertz CT molecular complexity index is 213. The van der Waals surface area contributed by atoms with Gasteiger partial charge in [-0.3, -0.25) is 4.90 Å². The fourth-order valence-corrected chi connectivity index (χ4v) is 3.10. The van der Waals surface area contributed by atoms with Gasteiger partial charge >= 0.3 is 0 Å². The van der Waals surface area contributed by atoms with E-state index in [1.807, 2.05) is 0 Å². The first kappa shape index (κ1) is 12.4. The van der Waals surface area contributed by atoms with Gasteiger partial charge in [-0.05, 0) is 65.6 Å². The standard InChI is InChI=1S/C14H28N2/c1-14(2,3)16-10-7-13(12-16)11-15-8-5-4-6-9-15/h13H,4-12H2,1-3H3. The molecule has 0 saturated carbocycles. The zero-order chi connectivity index (χ0) is 11.6. The Morgan fingerprint density at radius 2 is 1.69 bits per heavy atom. The third-order valence-electron chi connectivity index (χ3n) is 4.20. The molecule has 0 N–H and O–H groups in total. The van der Waals surface area contributed by atoms with Crippen molar-refractivity contribution in [2.45, 2.75) is 52.0 Å². The quantitative estimate of drug-likeness (QED) is 0.711. The van der Waals surface area contributed by atoms with Crippen LogP contribution in [-0.4, -0.2) is 48.1 Å². The van der Waals surface area contributed by atoms with Crippen LogP contribution < -0.4 is 0 Å². The second kappa shape index (κ2) is 5.05. The molecule has 2 nitrogen and oxygen atoms in total. The van der Waals surface area contributed by atoms with E-state index in [1.54, 1.807) is 0 Å². The van der Waals surface area contributed by atoms with Crippen LogP contribution in [0.1, 0.15) is 46.5 Å². The number of rotatable bonds is 2. The molecule has 0 bridgehead atoms. The zero-order valence-electron chi connectivity index (χ0n) is 11.3. The second-order valence-corrected chi connectivity index (χ2v) is 6.63. The van der Waals surface area contributed by atoms with Crippen LogP contribution in [-0.2, 0) is 0 Å². The van der Waals surface area contributed by atoms with E-state index < -0.39 is 0 Å². The van der Waals surface area contributed by atoms with Crippen molar-refractivity contribution in [1.29, 1.82) is 0 Å². The van der Waals surface area contributed by atoms with Crippen molar-refractivity contribution in [3.05, 3.63) is 0 Å². The van der Waals surface area contributed by atoms with E-state index in [0.29, 0.717) is 5.54 Å². The molecule has 2 fully saturated rings. The van der Waals surface area contributed by atoms with Gasteiger partial charge in [-0.25, -0.2) is 0 Å². The molecule has 1 atom stereocenters. The van der Waals surface area contributed by atoms with Gasteiger partial charge in [-0.1, -0.05) is 6.42 Å². The van der Waals surface area contributed by atoms with E-state index >= 15 is 0 Å². The fraction of sp³-hybridized carbons (Fsp3) is 1.00. The molecule has 2 saturated heterocycles. The minimum Gasteiger partial charge on any atom is -0.303 e. The minimum absolute atomic E-state index is 0.372. The summed E-state index contributed by atoms with van der Waals surface area (Å²) >= 11 is 0. The number of nitrogens with zero attached hydrogens (tertiary/aromatic N) is 2. The van der Waals surface area contributed by atoms with E-state index in [4.69, 9.17) is 0 Å².